The van der Waals surface area contributed by atoms with E-state index in [9.17, 15) is 9.59 Å². The molecule has 4 rings (SSSR count). The molecule has 4 aromatic carbocycles. The van der Waals surface area contributed by atoms with Gasteiger partial charge in [-0.05, 0) is 48.2 Å². The van der Waals surface area contributed by atoms with Crippen LogP contribution >= 0.6 is 12.1 Å². The van der Waals surface area contributed by atoms with Crippen molar-refractivity contribution in [1.82, 2.24) is 8.61 Å². The van der Waals surface area contributed by atoms with Crippen molar-refractivity contribution in [3.8, 4) is 11.5 Å². The van der Waals surface area contributed by atoms with Gasteiger partial charge >= 0.3 is 0 Å². The summed E-state index contributed by atoms with van der Waals surface area (Å²) in [5, 5.41) is 8.14. The molecule has 0 aliphatic heterocycles. The average molecular weight is 655 g/mol. The fourth-order valence-corrected chi connectivity index (χ4v) is 5.34. The molecule has 0 saturated carbocycles. The fourth-order valence-electron chi connectivity index (χ4n) is 4.65. The summed E-state index contributed by atoms with van der Waals surface area (Å²) in [5.74, 6) is 0.501. The number of likely N-dealkylation sites (N-methyl/N-ethyl adjacent to an activating group) is 2. The maximum absolute atomic E-state index is 13.8. The monoisotopic (exact) mass is 654 g/mol. The van der Waals surface area contributed by atoms with E-state index in [0.717, 1.165) is 45.9 Å². The van der Waals surface area contributed by atoms with E-state index in [4.69, 9.17) is 19.1 Å². The van der Waals surface area contributed by atoms with Crippen LogP contribution in [0.15, 0.2) is 107 Å². The summed E-state index contributed by atoms with van der Waals surface area (Å²) >= 11 is 0.882. The van der Waals surface area contributed by atoms with E-state index in [0.29, 0.717) is 11.1 Å². The van der Waals surface area contributed by atoms with Gasteiger partial charge in [-0.3, -0.25) is 18.2 Å². The number of benzene rings is 4. The molecule has 0 aromatic heterocycles. The summed E-state index contributed by atoms with van der Waals surface area (Å²) in [5.41, 5.74) is 4.65. The van der Waals surface area contributed by atoms with Gasteiger partial charge in [0.1, 0.15) is 38.9 Å². The molecule has 244 valence electrons. The smallest absolute Gasteiger partial charge is 0.287 e. The zero-order chi connectivity index (χ0) is 33.8. The molecule has 0 radical (unpaired) electrons. The molecule has 0 fully saturated rings. The number of aryl methyl sites for hydroxylation is 2. The molecule has 0 bridgehead atoms. The lowest BCUT2D eigenvalue weighted by Gasteiger charge is -2.24. The molecule has 11 heteroatoms. The number of ether oxygens (including phenoxy) is 2. The van der Waals surface area contributed by atoms with Gasteiger partial charge in [0.05, 0.1) is 12.1 Å². The Hall–Kier alpha value is -5.29. The van der Waals surface area contributed by atoms with Gasteiger partial charge in [0.25, 0.3) is 11.8 Å². The maximum atomic E-state index is 13.8. The van der Waals surface area contributed by atoms with Gasteiger partial charge in [0, 0.05) is 25.2 Å². The van der Waals surface area contributed by atoms with E-state index in [1.54, 1.807) is 26.2 Å². The lowest BCUT2D eigenvalue weighted by Crippen LogP contribution is -2.37. The van der Waals surface area contributed by atoms with Crippen LogP contribution in [0.3, 0.4) is 0 Å². The van der Waals surface area contributed by atoms with Crippen molar-refractivity contribution in [2.24, 2.45) is 10.3 Å². The van der Waals surface area contributed by atoms with Crippen molar-refractivity contribution >= 4 is 35.4 Å². The Labute approximate surface area is 279 Å². The first-order chi connectivity index (χ1) is 22.7. The van der Waals surface area contributed by atoms with Gasteiger partial charge in [-0.25, -0.2) is 0 Å². The highest BCUT2D eigenvalue weighted by molar-refractivity contribution is 7.95. The highest BCUT2D eigenvalue weighted by atomic mass is 32.2. The van der Waals surface area contributed by atoms with E-state index in [1.165, 1.54) is 22.8 Å². The maximum Gasteiger partial charge on any atom is 0.287 e. The molecule has 0 heterocycles. The van der Waals surface area contributed by atoms with E-state index in [2.05, 4.69) is 10.3 Å². The number of rotatable bonds is 14. The van der Waals surface area contributed by atoms with Crippen LogP contribution in [0.1, 0.15) is 33.4 Å². The minimum absolute atomic E-state index is 0.0526. The summed E-state index contributed by atoms with van der Waals surface area (Å²) in [7, 11) is 5.84. The minimum atomic E-state index is -0.489. The Morgan fingerprint density at radius 2 is 0.957 bits per heavy atom. The van der Waals surface area contributed by atoms with Crippen molar-refractivity contribution in [2.75, 3.05) is 28.3 Å². The molecule has 0 atom stereocenters. The number of para-hydroxylation sites is 2. The van der Waals surface area contributed by atoms with E-state index in [1.807, 2.05) is 98.8 Å². The van der Waals surface area contributed by atoms with Crippen molar-refractivity contribution in [1.29, 1.82) is 0 Å². The van der Waals surface area contributed by atoms with Gasteiger partial charge in [0.2, 0.25) is 0 Å². The normalized spacial score (nSPS) is 11.4. The Morgan fingerprint density at radius 1 is 0.596 bits per heavy atom. The summed E-state index contributed by atoms with van der Waals surface area (Å²) in [4.78, 5) is 37.7. The molecule has 0 unspecified atom stereocenters. The molecule has 0 spiro atoms. The molecule has 0 aliphatic rings. The number of hydrogen-bond donors (Lipinski definition) is 0. The van der Waals surface area contributed by atoms with Crippen molar-refractivity contribution in [3.05, 3.63) is 130 Å². The van der Waals surface area contributed by atoms with Gasteiger partial charge in [0.15, 0.2) is 11.4 Å². The molecule has 0 saturated heterocycles. The number of carbonyl (C=O) groups excluding carboxylic acids is 2. The quantitative estimate of drug-likeness (QED) is 0.0888. The highest BCUT2D eigenvalue weighted by Crippen LogP contribution is 2.24. The molecule has 47 heavy (non-hydrogen) atoms. The number of carbonyl (C=O) groups is 2. The predicted octanol–water partition coefficient (Wildman–Crippen LogP) is 6.34. The van der Waals surface area contributed by atoms with Crippen LogP contribution in [0.25, 0.3) is 0 Å². The summed E-state index contributed by atoms with van der Waals surface area (Å²) in [6.45, 7) is 4.34. The average Bonchev–Trinajstić information content (AvgIpc) is 3.08. The van der Waals surface area contributed by atoms with Crippen LogP contribution in [-0.2, 0) is 32.5 Å². The SMILES string of the molecule is CO/N=C(\C(=O)N(C)SN(C)C(=O)/C(=N/OC)c1ccccc1COc1ccccc1C)c1ccccc1COc1ccccc1C. The first-order valence-corrected chi connectivity index (χ1v) is 15.5. The largest absolute Gasteiger partial charge is 0.489 e. The molecule has 4 aromatic rings. The molecule has 0 N–H and O–H groups in total. The van der Waals surface area contributed by atoms with Crippen LogP contribution in [0.5, 0.6) is 11.5 Å². The van der Waals surface area contributed by atoms with Crippen LogP contribution in [-0.4, -0.2) is 60.2 Å². The standard InChI is InChI=1S/C36H38N4O6S/c1-25-15-7-13-21-31(25)45-23-27-17-9-11-19-29(27)33(37-43-5)35(41)39(3)47-40(4)36(42)34(38-44-6)30-20-12-10-18-28(30)24-46-32-22-14-8-16-26(32)2/h7-22H,23-24H2,1-6H3/b37-33-,38-34+. The first-order valence-electron chi connectivity index (χ1n) is 14.7. The summed E-state index contributed by atoms with van der Waals surface area (Å²) < 4.78 is 14.7. The lowest BCUT2D eigenvalue weighted by atomic mass is 10.0. The lowest BCUT2D eigenvalue weighted by molar-refractivity contribution is -0.119. The van der Waals surface area contributed by atoms with Crippen molar-refractivity contribution in [2.45, 2.75) is 27.1 Å². The minimum Gasteiger partial charge on any atom is -0.489 e. The second-order valence-electron chi connectivity index (χ2n) is 10.4. The van der Waals surface area contributed by atoms with Crippen LogP contribution in [0.4, 0.5) is 0 Å². The number of amides is 2. The highest BCUT2D eigenvalue weighted by Gasteiger charge is 2.28. The van der Waals surface area contributed by atoms with Gasteiger partial charge in [-0.1, -0.05) is 95.2 Å². The van der Waals surface area contributed by atoms with Gasteiger partial charge < -0.3 is 19.1 Å². The number of oxime groups is 2. The Balaban J connectivity index is 1.51. The molecular weight excluding hydrogens is 616 g/mol. The summed E-state index contributed by atoms with van der Waals surface area (Å²) in [6.07, 6.45) is 0. The van der Waals surface area contributed by atoms with Crippen LogP contribution in [0, 0.1) is 13.8 Å². The zero-order valence-electron chi connectivity index (χ0n) is 27.3. The van der Waals surface area contributed by atoms with Crippen molar-refractivity contribution in [3.63, 3.8) is 0 Å². The Kier molecular flexibility index (Phi) is 12.4. The third kappa shape index (κ3) is 8.92. The molecule has 10 nitrogen and oxygen atoms in total. The van der Waals surface area contributed by atoms with Crippen LogP contribution < -0.4 is 9.47 Å². The molecular formula is C36H38N4O6S. The Bertz CT molecular complexity index is 1630. The molecule has 2 amide bonds. The van der Waals surface area contributed by atoms with Crippen LogP contribution in [0.2, 0.25) is 0 Å². The zero-order valence-corrected chi connectivity index (χ0v) is 28.1. The number of nitrogens with zero attached hydrogens (tertiary/aromatic N) is 4. The second-order valence-corrected chi connectivity index (χ2v) is 11.6. The van der Waals surface area contributed by atoms with E-state index in [-0.39, 0.29) is 24.6 Å². The second kappa shape index (κ2) is 16.9. The third-order valence-electron chi connectivity index (χ3n) is 7.09. The Morgan fingerprint density at radius 3 is 1.34 bits per heavy atom. The fraction of sp³-hybridized carbons (Fsp3) is 0.222. The van der Waals surface area contributed by atoms with Gasteiger partial charge in [-0.2, -0.15) is 0 Å². The molecule has 0 aliphatic carbocycles. The number of hydrogen-bond acceptors (Lipinski definition) is 9. The third-order valence-corrected chi connectivity index (χ3v) is 7.91. The summed E-state index contributed by atoms with van der Waals surface area (Å²) in [6, 6.07) is 30.0. The predicted molar refractivity (Wildman–Crippen MR) is 184 cm³/mol. The first kappa shape index (κ1) is 34.6. The topological polar surface area (TPSA) is 102 Å². The van der Waals surface area contributed by atoms with E-state index >= 15 is 0 Å². The van der Waals surface area contributed by atoms with E-state index < -0.39 is 11.8 Å². The van der Waals surface area contributed by atoms with Gasteiger partial charge in [-0.15, -0.1) is 0 Å². The van der Waals surface area contributed by atoms with Crippen molar-refractivity contribution < 1.29 is 28.7 Å².